The number of aromatic nitrogens is 3. The molecule has 1 aliphatic heterocycles. The number of hydrogen-bond acceptors (Lipinski definition) is 8. The molecule has 0 unspecified atom stereocenters. The van der Waals surface area contributed by atoms with Crippen molar-refractivity contribution in [1.29, 1.82) is 0 Å². The topological polar surface area (TPSA) is 98.2 Å². The fourth-order valence-electron chi connectivity index (χ4n) is 3.75. The molecule has 8 heteroatoms. The van der Waals surface area contributed by atoms with Crippen LogP contribution in [0.2, 0.25) is 0 Å². The van der Waals surface area contributed by atoms with Crippen LogP contribution in [0.15, 0.2) is 24.3 Å². The quantitative estimate of drug-likeness (QED) is 0.576. The maximum absolute atomic E-state index is 9.40. The number of aromatic hydroxyl groups is 1. The van der Waals surface area contributed by atoms with E-state index in [0.29, 0.717) is 17.9 Å². The smallest absolute Gasteiger partial charge is 0.232 e. The summed E-state index contributed by atoms with van der Waals surface area (Å²) in [4.78, 5) is 16.2. The molecule has 0 spiro atoms. The summed E-state index contributed by atoms with van der Waals surface area (Å²) < 4.78 is 0. The Balaban J connectivity index is 1.44. The van der Waals surface area contributed by atoms with Crippen molar-refractivity contribution in [3.63, 3.8) is 0 Å². The highest BCUT2D eigenvalue weighted by Crippen LogP contribution is 2.22. The summed E-state index contributed by atoms with van der Waals surface area (Å²) in [5.41, 5.74) is 1.16. The van der Waals surface area contributed by atoms with Gasteiger partial charge in [-0.25, -0.2) is 0 Å². The number of phenolic OH excluding ortho intramolecular Hbond substituents is 1. The van der Waals surface area contributed by atoms with Gasteiger partial charge in [0.25, 0.3) is 0 Å². The van der Waals surface area contributed by atoms with Gasteiger partial charge in [-0.1, -0.05) is 25.0 Å². The molecule has 1 aliphatic carbocycles. The number of hydrogen-bond donors (Lipinski definition) is 4. The molecule has 4 N–H and O–H groups in total. The third-order valence-corrected chi connectivity index (χ3v) is 5.34. The maximum atomic E-state index is 9.40. The van der Waals surface area contributed by atoms with Gasteiger partial charge < -0.3 is 26.0 Å². The van der Waals surface area contributed by atoms with Crippen molar-refractivity contribution < 1.29 is 5.11 Å². The summed E-state index contributed by atoms with van der Waals surface area (Å²) in [6, 6.07) is 7.75. The van der Waals surface area contributed by atoms with Gasteiger partial charge in [0.15, 0.2) is 0 Å². The van der Waals surface area contributed by atoms with E-state index in [9.17, 15) is 5.11 Å². The van der Waals surface area contributed by atoms with Crippen molar-refractivity contribution in [3.05, 3.63) is 29.8 Å². The molecule has 0 atom stereocenters. The Morgan fingerprint density at radius 2 is 1.71 bits per heavy atom. The Kier molecular flexibility index (Phi) is 6.06. The van der Waals surface area contributed by atoms with Crippen LogP contribution in [0, 0.1) is 0 Å². The molecule has 1 aromatic heterocycles. The van der Waals surface area contributed by atoms with Gasteiger partial charge in [0, 0.05) is 38.8 Å². The van der Waals surface area contributed by atoms with E-state index < -0.39 is 0 Å². The molecule has 28 heavy (non-hydrogen) atoms. The lowest BCUT2D eigenvalue weighted by Gasteiger charge is -2.28. The molecule has 2 heterocycles. The molecule has 4 rings (SSSR count). The van der Waals surface area contributed by atoms with Crippen LogP contribution < -0.4 is 20.9 Å². The lowest BCUT2D eigenvalue weighted by atomic mass is 10.1. The minimum atomic E-state index is 0.289. The Labute approximate surface area is 165 Å². The molecule has 2 fully saturated rings. The first-order chi connectivity index (χ1) is 13.8. The maximum Gasteiger partial charge on any atom is 0.232 e. The predicted octanol–water partition coefficient (Wildman–Crippen LogP) is 2.00. The van der Waals surface area contributed by atoms with E-state index in [1.54, 1.807) is 12.1 Å². The number of rotatable bonds is 7. The number of piperazine rings is 1. The van der Waals surface area contributed by atoms with Crippen molar-refractivity contribution >= 4 is 17.8 Å². The van der Waals surface area contributed by atoms with E-state index in [-0.39, 0.29) is 5.75 Å². The SMILES string of the molecule is Oc1ccc(CCNc2nc(NC3CCCC3)nc(N3CCNCC3)n2)cc1. The zero-order chi connectivity index (χ0) is 19.2. The average molecular weight is 384 g/mol. The van der Waals surface area contributed by atoms with E-state index in [2.05, 4.69) is 30.8 Å². The lowest BCUT2D eigenvalue weighted by molar-refractivity contribution is 0.475. The Bertz CT molecular complexity index is 756. The highest BCUT2D eigenvalue weighted by atomic mass is 16.3. The first-order valence-electron chi connectivity index (χ1n) is 10.3. The summed E-state index contributed by atoms with van der Waals surface area (Å²) in [5.74, 6) is 2.31. The third-order valence-electron chi connectivity index (χ3n) is 5.34. The molecule has 1 saturated heterocycles. The highest BCUT2D eigenvalue weighted by Gasteiger charge is 2.19. The van der Waals surface area contributed by atoms with E-state index in [1.807, 2.05) is 12.1 Å². The summed E-state index contributed by atoms with van der Waals surface area (Å²) in [7, 11) is 0. The fraction of sp³-hybridized carbons (Fsp3) is 0.550. The van der Waals surface area contributed by atoms with Crippen molar-refractivity contribution in [1.82, 2.24) is 20.3 Å². The molecular weight excluding hydrogens is 354 g/mol. The molecule has 8 nitrogen and oxygen atoms in total. The molecule has 0 amide bonds. The van der Waals surface area contributed by atoms with Crippen molar-refractivity contribution in [2.45, 2.75) is 38.1 Å². The molecule has 0 radical (unpaired) electrons. The second-order valence-corrected chi connectivity index (χ2v) is 7.49. The summed E-state index contributed by atoms with van der Waals surface area (Å²) in [5, 5.41) is 19.6. The summed E-state index contributed by atoms with van der Waals surface area (Å²) >= 11 is 0. The first-order valence-corrected chi connectivity index (χ1v) is 10.3. The molecule has 150 valence electrons. The van der Waals surface area contributed by atoms with Crippen molar-refractivity contribution in [2.24, 2.45) is 0 Å². The molecule has 0 bridgehead atoms. The van der Waals surface area contributed by atoms with E-state index in [1.165, 1.54) is 25.7 Å². The first kappa shape index (κ1) is 18.7. The van der Waals surface area contributed by atoms with Gasteiger partial charge >= 0.3 is 0 Å². The van der Waals surface area contributed by atoms with Crippen LogP contribution in [0.1, 0.15) is 31.2 Å². The predicted molar refractivity (Wildman–Crippen MR) is 111 cm³/mol. The van der Waals surface area contributed by atoms with Crippen LogP contribution in [-0.2, 0) is 6.42 Å². The van der Waals surface area contributed by atoms with Crippen LogP contribution >= 0.6 is 0 Å². The standard InChI is InChI=1S/C20H29N7O/c28-17-7-5-15(6-8-17)9-10-22-18-24-19(23-16-3-1-2-4-16)26-20(25-18)27-13-11-21-12-14-27/h5-8,16,21,28H,1-4,9-14H2,(H2,22,23,24,25,26). The normalized spacial score (nSPS) is 17.6. The lowest BCUT2D eigenvalue weighted by Crippen LogP contribution is -2.44. The van der Waals surface area contributed by atoms with Gasteiger partial charge in [-0.3, -0.25) is 0 Å². The minimum absolute atomic E-state index is 0.289. The van der Waals surface area contributed by atoms with Gasteiger partial charge in [0.05, 0.1) is 0 Å². The second kappa shape index (κ2) is 9.05. The molecule has 1 aromatic carbocycles. The minimum Gasteiger partial charge on any atom is -0.508 e. The van der Waals surface area contributed by atoms with Crippen LogP contribution in [0.3, 0.4) is 0 Å². The zero-order valence-electron chi connectivity index (χ0n) is 16.2. The fourth-order valence-corrected chi connectivity index (χ4v) is 3.75. The molecular formula is C20H29N7O. The van der Waals surface area contributed by atoms with Crippen LogP contribution in [0.25, 0.3) is 0 Å². The molecule has 2 aliphatic rings. The largest absolute Gasteiger partial charge is 0.508 e. The number of nitrogens with one attached hydrogen (secondary N) is 3. The number of anilines is 3. The second-order valence-electron chi connectivity index (χ2n) is 7.49. The molecule has 1 saturated carbocycles. The number of phenols is 1. The van der Waals surface area contributed by atoms with Crippen LogP contribution in [-0.4, -0.2) is 58.8 Å². The van der Waals surface area contributed by atoms with E-state index in [4.69, 9.17) is 4.98 Å². The Morgan fingerprint density at radius 1 is 1.00 bits per heavy atom. The van der Waals surface area contributed by atoms with Crippen molar-refractivity contribution in [3.8, 4) is 5.75 Å². The van der Waals surface area contributed by atoms with Gasteiger partial charge in [0.2, 0.25) is 17.8 Å². The average Bonchev–Trinajstić information content (AvgIpc) is 3.23. The highest BCUT2D eigenvalue weighted by molar-refractivity contribution is 5.45. The summed E-state index contributed by atoms with van der Waals surface area (Å²) in [6.07, 6.45) is 5.73. The summed E-state index contributed by atoms with van der Waals surface area (Å²) in [6.45, 7) is 4.42. The van der Waals surface area contributed by atoms with Gasteiger partial charge in [-0.2, -0.15) is 15.0 Å². The number of benzene rings is 1. The van der Waals surface area contributed by atoms with E-state index in [0.717, 1.165) is 50.7 Å². The van der Waals surface area contributed by atoms with Crippen molar-refractivity contribution in [2.75, 3.05) is 48.3 Å². The van der Waals surface area contributed by atoms with Crippen LogP contribution in [0.4, 0.5) is 17.8 Å². The van der Waals surface area contributed by atoms with Crippen LogP contribution in [0.5, 0.6) is 5.75 Å². The molecule has 2 aromatic rings. The Hall–Kier alpha value is -2.61. The Morgan fingerprint density at radius 3 is 2.46 bits per heavy atom. The monoisotopic (exact) mass is 383 g/mol. The third kappa shape index (κ3) is 5.01. The zero-order valence-corrected chi connectivity index (χ0v) is 16.2. The van der Waals surface area contributed by atoms with Gasteiger partial charge in [0.1, 0.15) is 5.75 Å². The van der Waals surface area contributed by atoms with Gasteiger partial charge in [-0.05, 0) is 37.0 Å². The number of nitrogens with zero attached hydrogens (tertiary/aromatic N) is 4. The van der Waals surface area contributed by atoms with E-state index >= 15 is 0 Å². The van der Waals surface area contributed by atoms with Gasteiger partial charge in [-0.15, -0.1) is 0 Å².